The zero-order valence-electron chi connectivity index (χ0n) is 16.6. The number of aromatic amines is 1. The van der Waals surface area contributed by atoms with Crippen molar-refractivity contribution in [1.29, 1.82) is 0 Å². The van der Waals surface area contributed by atoms with Crippen LogP contribution in [0.2, 0.25) is 0 Å². The number of hydrogen-bond donors (Lipinski definition) is 2. The van der Waals surface area contributed by atoms with Gasteiger partial charge in [-0.3, -0.25) is 4.79 Å². The first kappa shape index (κ1) is 20.0. The van der Waals surface area contributed by atoms with E-state index in [0.717, 1.165) is 28.6 Å². The standard InChI is InChI=1S/C20H32N2O2S/c1-14-10-15(2)18-16(11-14)12-17(19(23)22-18)13-21-8-9-24-25(6,7)20(3,4)5/h10-12,21H,8-9,13H2,1-7H3,(H,22,23). The van der Waals surface area contributed by atoms with Crippen LogP contribution in [0, 0.1) is 13.8 Å². The van der Waals surface area contributed by atoms with E-state index in [1.807, 2.05) is 13.0 Å². The van der Waals surface area contributed by atoms with Crippen LogP contribution < -0.4 is 10.9 Å². The molecule has 0 aliphatic rings. The van der Waals surface area contributed by atoms with Crippen molar-refractivity contribution < 1.29 is 4.18 Å². The molecule has 0 atom stereocenters. The topological polar surface area (TPSA) is 54.1 Å². The summed E-state index contributed by atoms with van der Waals surface area (Å²) in [6.07, 6.45) is 4.40. The second kappa shape index (κ2) is 7.52. The average Bonchev–Trinajstić information content (AvgIpc) is 2.47. The molecule has 1 aromatic carbocycles. The molecular weight excluding hydrogens is 332 g/mol. The molecule has 0 spiro atoms. The molecule has 5 heteroatoms. The molecule has 0 saturated carbocycles. The molecule has 4 nitrogen and oxygen atoms in total. The van der Waals surface area contributed by atoms with Crippen molar-refractivity contribution in [1.82, 2.24) is 10.3 Å². The fourth-order valence-electron chi connectivity index (χ4n) is 2.59. The van der Waals surface area contributed by atoms with Crippen LogP contribution in [0.4, 0.5) is 0 Å². The van der Waals surface area contributed by atoms with Gasteiger partial charge < -0.3 is 14.5 Å². The van der Waals surface area contributed by atoms with Crippen molar-refractivity contribution >= 4 is 21.2 Å². The summed E-state index contributed by atoms with van der Waals surface area (Å²) in [5.74, 6) is 0. The van der Waals surface area contributed by atoms with E-state index in [0.29, 0.717) is 13.2 Å². The SMILES string of the molecule is Cc1cc(C)c2[nH]c(=O)c(CNCCOS(C)(C)C(C)(C)C)cc2c1. The molecular formula is C20H32N2O2S. The number of H-pyrrole nitrogens is 1. The third-order valence-corrected chi connectivity index (χ3v) is 8.52. The molecule has 1 aromatic heterocycles. The van der Waals surface area contributed by atoms with Crippen LogP contribution in [-0.2, 0) is 10.7 Å². The molecule has 2 N–H and O–H groups in total. The van der Waals surface area contributed by atoms with Gasteiger partial charge in [0.15, 0.2) is 0 Å². The van der Waals surface area contributed by atoms with Gasteiger partial charge in [0.1, 0.15) is 0 Å². The molecule has 1 heterocycles. The van der Waals surface area contributed by atoms with Crippen LogP contribution in [0.15, 0.2) is 23.0 Å². The van der Waals surface area contributed by atoms with Gasteiger partial charge in [0.25, 0.3) is 5.56 Å². The molecule has 0 amide bonds. The maximum atomic E-state index is 12.3. The Morgan fingerprint density at radius 2 is 1.84 bits per heavy atom. The lowest BCUT2D eigenvalue weighted by molar-refractivity contribution is 0.343. The summed E-state index contributed by atoms with van der Waals surface area (Å²) in [5.41, 5.74) is 3.98. The average molecular weight is 365 g/mol. The Morgan fingerprint density at radius 3 is 2.48 bits per heavy atom. The molecule has 0 aliphatic carbocycles. The molecule has 0 saturated heterocycles. The number of pyridine rings is 1. The van der Waals surface area contributed by atoms with Crippen molar-refractivity contribution in [3.05, 3.63) is 45.2 Å². The van der Waals surface area contributed by atoms with Gasteiger partial charge in [-0.15, -0.1) is 10.3 Å². The van der Waals surface area contributed by atoms with Crippen LogP contribution in [0.5, 0.6) is 0 Å². The molecule has 140 valence electrons. The lowest BCUT2D eigenvalue weighted by Crippen LogP contribution is -2.29. The zero-order chi connectivity index (χ0) is 18.8. The van der Waals surface area contributed by atoms with E-state index in [4.69, 9.17) is 4.18 Å². The maximum absolute atomic E-state index is 12.3. The molecule has 0 bridgehead atoms. The van der Waals surface area contributed by atoms with E-state index in [1.165, 1.54) is 5.56 Å². The Morgan fingerprint density at radius 1 is 1.16 bits per heavy atom. The first-order chi connectivity index (χ1) is 11.5. The predicted molar refractivity (Wildman–Crippen MR) is 111 cm³/mol. The Labute approximate surface area is 152 Å². The van der Waals surface area contributed by atoms with Gasteiger partial charge in [0.2, 0.25) is 0 Å². The third-order valence-electron chi connectivity index (χ3n) is 4.82. The number of fused-ring (bicyclic) bond motifs is 1. The number of nitrogens with one attached hydrogen (secondary N) is 2. The number of rotatable bonds is 6. The van der Waals surface area contributed by atoms with Crippen molar-refractivity contribution in [3.63, 3.8) is 0 Å². The summed E-state index contributed by atoms with van der Waals surface area (Å²) in [6.45, 7) is 12.7. The Bertz CT molecular complexity index is 804. The lowest BCUT2D eigenvalue weighted by atomic mass is 10.1. The summed E-state index contributed by atoms with van der Waals surface area (Å²) in [6, 6.07) is 6.19. The molecule has 0 fully saturated rings. The van der Waals surface area contributed by atoms with E-state index in [-0.39, 0.29) is 10.3 Å². The fraction of sp³-hybridized carbons (Fsp3) is 0.550. The highest BCUT2D eigenvalue weighted by Gasteiger charge is 2.28. The summed E-state index contributed by atoms with van der Waals surface area (Å²) < 4.78 is 6.26. The van der Waals surface area contributed by atoms with Crippen molar-refractivity contribution in [2.45, 2.75) is 45.9 Å². The normalized spacial score (nSPS) is 13.4. The van der Waals surface area contributed by atoms with E-state index < -0.39 is 10.3 Å². The minimum atomic E-state index is -1.10. The molecule has 0 unspecified atom stereocenters. The van der Waals surface area contributed by atoms with Gasteiger partial charge >= 0.3 is 0 Å². The molecule has 0 aliphatic heterocycles. The smallest absolute Gasteiger partial charge is 0.252 e. The first-order valence-electron chi connectivity index (χ1n) is 8.72. The van der Waals surface area contributed by atoms with Crippen molar-refractivity contribution in [3.8, 4) is 0 Å². The van der Waals surface area contributed by atoms with Crippen molar-refractivity contribution in [2.75, 3.05) is 25.7 Å². The number of benzene rings is 1. The number of hydrogen-bond acceptors (Lipinski definition) is 3. The van der Waals surface area contributed by atoms with Crippen LogP contribution >= 0.6 is 10.3 Å². The second-order valence-electron chi connectivity index (χ2n) is 8.01. The van der Waals surface area contributed by atoms with Gasteiger partial charge in [0, 0.05) is 23.4 Å². The van der Waals surface area contributed by atoms with E-state index in [1.54, 1.807) is 0 Å². The molecule has 0 radical (unpaired) electrons. The fourth-order valence-corrected chi connectivity index (χ4v) is 3.44. The van der Waals surface area contributed by atoms with Crippen LogP contribution in [-0.4, -0.2) is 35.4 Å². The molecule has 2 aromatic rings. The van der Waals surface area contributed by atoms with Crippen LogP contribution in [0.1, 0.15) is 37.5 Å². The van der Waals surface area contributed by atoms with E-state index >= 15 is 0 Å². The first-order valence-corrected chi connectivity index (χ1v) is 11.1. The third kappa shape index (κ3) is 4.87. The minimum Gasteiger partial charge on any atom is -0.335 e. The molecule has 25 heavy (non-hydrogen) atoms. The summed E-state index contributed by atoms with van der Waals surface area (Å²) in [5, 5.41) is 4.42. The van der Waals surface area contributed by atoms with Crippen LogP contribution in [0.25, 0.3) is 10.9 Å². The summed E-state index contributed by atoms with van der Waals surface area (Å²) in [4.78, 5) is 15.3. The Kier molecular flexibility index (Phi) is 6.02. The second-order valence-corrected chi connectivity index (χ2v) is 11.9. The Hall–Kier alpha value is -1.30. The van der Waals surface area contributed by atoms with Gasteiger partial charge in [-0.1, -0.05) is 32.4 Å². The minimum absolute atomic E-state index is 0.0199. The van der Waals surface area contributed by atoms with E-state index in [2.05, 4.69) is 62.6 Å². The molecule has 2 rings (SSSR count). The lowest BCUT2D eigenvalue weighted by Gasteiger charge is -2.43. The maximum Gasteiger partial charge on any atom is 0.252 e. The van der Waals surface area contributed by atoms with Gasteiger partial charge in [-0.2, -0.15) is 0 Å². The Balaban J connectivity index is 1.98. The quantitative estimate of drug-likeness (QED) is 0.761. The highest BCUT2D eigenvalue weighted by atomic mass is 32.3. The van der Waals surface area contributed by atoms with Crippen LogP contribution in [0.3, 0.4) is 0 Å². The zero-order valence-corrected chi connectivity index (χ0v) is 17.4. The summed E-state index contributed by atoms with van der Waals surface area (Å²) in [7, 11) is -1.10. The predicted octanol–water partition coefficient (Wildman–Crippen LogP) is 4.03. The summed E-state index contributed by atoms with van der Waals surface area (Å²) >= 11 is 0. The van der Waals surface area contributed by atoms with Gasteiger partial charge in [-0.25, -0.2) is 0 Å². The van der Waals surface area contributed by atoms with Gasteiger partial charge in [-0.05, 0) is 49.4 Å². The van der Waals surface area contributed by atoms with Gasteiger partial charge in [0.05, 0.1) is 12.1 Å². The largest absolute Gasteiger partial charge is 0.335 e. The number of aryl methyl sites for hydroxylation is 2. The highest BCUT2D eigenvalue weighted by molar-refractivity contribution is 8.29. The van der Waals surface area contributed by atoms with Crippen molar-refractivity contribution in [2.24, 2.45) is 0 Å². The number of aromatic nitrogens is 1. The highest BCUT2D eigenvalue weighted by Crippen LogP contribution is 2.53. The van der Waals surface area contributed by atoms with E-state index in [9.17, 15) is 4.79 Å². The monoisotopic (exact) mass is 364 g/mol.